The highest BCUT2D eigenvalue weighted by Crippen LogP contribution is 2.23. The highest BCUT2D eigenvalue weighted by atomic mass is 16.5. The van der Waals surface area contributed by atoms with E-state index in [4.69, 9.17) is 4.74 Å². The average molecular weight is 237 g/mol. The van der Waals surface area contributed by atoms with Gasteiger partial charge in [0.1, 0.15) is 5.71 Å². The molecule has 17 heavy (non-hydrogen) atoms. The molecule has 0 fully saturated rings. The maximum atomic E-state index is 11.4. The van der Waals surface area contributed by atoms with E-state index in [1.165, 1.54) is 6.08 Å². The van der Waals surface area contributed by atoms with Gasteiger partial charge in [-0.3, -0.25) is 0 Å². The van der Waals surface area contributed by atoms with Crippen LogP contribution in [0.1, 0.15) is 41.0 Å². The number of carbonyl (C=O) groups excluding carboxylic acids is 1. The van der Waals surface area contributed by atoms with Crippen LogP contribution in [0.3, 0.4) is 0 Å². The number of hydrogen-bond acceptors (Lipinski definition) is 3. The number of hydrogen-bond donors (Lipinski definition) is 0. The Morgan fingerprint density at radius 1 is 1.41 bits per heavy atom. The fourth-order valence-electron chi connectivity index (χ4n) is 1.46. The summed E-state index contributed by atoms with van der Waals surface area (Å²) in [7, 11) is 0. The molecule has 0 saturated heterocycles. The van der Waals surface area contributed by atoms with Crippen molar-refractivity contribution in [2.24, 2.45) is 10.4 Å². The zero-order valence-corrected chi connectivity index (χ0v) is 11.5. The molecular weight excluding hydrogens is 214 g/mol. The van der Waals surface area contributed by atoms with Crippen LogP contribution in [0, 0.1) is 5.41 Å². The Bertz CT molecular complexity index is 333. The van der Waals surface area contributed by atoms with Gasteiger partial charge in [-0.15, -0.1) is 0 Å². The molecule has 0 aliphatic carbocycles. The summed E-state index contributed by atoms with van der Waals surface area (Å²) < 4.78 is 4.86. The zero-order valence-electron chi connectivity index (χ0n) is 11.5. The Morgan fingerprint density at radius 3 is 2.41 bits per heavy atom. The van der Waals surface area contributed by atoms with Crippen molar-refractivity contribution in [3.05, 3.63) is 24.4 Å². The Labute approximate surface area is 104 Å². The van der Waals surface area contributed by atoms with Gasteiger partial charge in [0.25, 0.3) is 0 Å². The van der Waals surface area contributed by atoms with Crippen molar-refractivity contribution in [2.45, 2.75) is 41.0 Å². The monoisotopic (exact) mass is 237 g/mol. The summed E-state index contributed by atoms with van der Waals surface area (Å²) in [6.45, 7) is 14.1. The second-order valence-electron chi connectivity index (χ2n) is 5.15. The van der Waals surface area contributed by atoms with E-state index < -0.39 is 5.97 Å². The summed E-state index contributed by atoms with van der Waals surface area (Å²) in [5, 5.41) is 0. The van der Waals surface area contributed by atoms with Gasteiger partial charge in [0.15, 0.2) is 0 Å². The minimum absolute atomic E-state index is 0.217. The second-order valence-corrected chi connectivity index (χ2v) is 5.15. The molecule has 0 aliphatic rings. The lowest BCUT2D eigenvalue weighted by Crippen LogP contribution is -2.14. The molecule has 0 N–H and O–H groups in total. The number of ether oxygens (including phenoxy) is 1. The van der Waals surface area contributed by atoms with Crippen molar-refractivity contribution >= 4 is 11.7 Å². The first-order chi connectivity index (χ1) is 7.80. The minimum Gasteiger partial charge on any atom is -0.461 e. The van der Waals surface area contributed by atoms with Crippen molar-refractivity contribution in [1.29, 1.82) is 0 Å². The molecule has 0 bridgehead atoms. The molecule has 0 unspecified atom stereocenters. The van der Waals surface area contributed by atoms with Crippen LogP contribution in [0.15, 0.2) is 29.4 Å². The second kappa shape index (κ2) is 7.05. The first-order valence-electron chi connectivity index (χ1n) is 5.83. The largest absolute Gasteiger partial charge is 0.461 e. The SMILES string of the molecule is C=CC(=N/C=C(\C)CC(C)(C)C)C(=O)OCC. The van der Waals surface area contributed by atoms with Crippen molar-refractivity contribution in [3.63, 3.8) is 0 Å². The topological polar surface area (TPSA) is 38.7 Å². The molecule has 0 aliphatic heterocycles. The van der Waals surface area contributed by atoms with Gasteiger partial charge in [-0.1, -0.05) is 32.9 Å². The van der Waals surface area contributed by atoms with Gasteiger partial charge < -0.3 is 4.74 Å². The van der Waals surface area contributed by atoms with Crippen LogP contribution >= 0.6 is 0 Å². The van der Waals surface area contributed by atoms with Crippen molar-refractivity contribution < 1.29 is 9.53 Å². The predicted molar refractivity (Wildman–Crippen MR) is 72.1 cm³/mol. The lowest BCUT2D eigenvalue weighted by molar-refractivity contribution is -0.134. The molecule has 0 saturated carbocycles. The average Bonchev–Trinajstić information content (AvgIpc) is 2.16. The zero-order chi connectivity index (χ0) is 13.5. The van der Waals surface area contributed by atoms with Crippen molar-refractivity contribution in [2.75, 3.05) is 6.61 Å². The molecule has 0 radical (unpaired) electrons. The summed E-state index contributed by atoms with van der Waals surface area (Å²) >= 11 is 0. The molecule has 3 heteroatoms. The Hall–Kier alpha value is -1.38. The van der Waals surface area contributed by atoms with Gasteiger partial charge in [0.05, 0.1) is 6.61 Å². The van der Waals surface area contributed by atoms with E-state index in [0.717, 1.165) is 12.0 Å². The van der Waals surface area contributed by atoms with Gasteiger partial charge >= 0.3 is 5.97 Å². The summed E-state index contributed by atoms with van der Waals surface area (Å²) in [5.74, 6) is -0.428. The van der Waals surface area contributed by atoms with E-state index in [9.17, 15) is 4.79 Å². The maximum Gasteiger partial charge on any atom is 0.356 e. The predicted octanol–water partition coefficient (Wildman–Crippen LogP) is 3.52. The molecule has 0 heterocycles. The number of rotatable bonds is 5. The smallest absolute Gasteiger partial charge is 0.356 e. The number of nitrogens with zero attached hydrogens (tertiary/aromatic N) is 1. The molecule has 0 rings (SSSR count). The van der Waals surface area contributed by atoms with Crippen molar-refractivity contribution in [1.82, 2.24) is 0 Å². The lowest BCUT2D eigenvalue weighted by atomic mass is 9.89. The van der Waals surface area contributed by atoms with Crippen LogP contribution in [0.4, 0.5) is 0 Å². The summed E-state index contributed by atoms with van der Waals surface area (Å²) in [5.41, 5.74) is 1.59. The van der Waals surface area contributed by atoms with Crippen LogP contribution in [0.2, 0.25) is 0 Å². The highest BCUT2D eigenvalue weighted by Gasteiger charge is 2.11. The molecular formula is C14H23NO2. The van der Waals surface area contributed by atoms with Gasteiger partial charge in [-0.05, 0) is 31.8 Å². The molecule has 0 aromatic carbocycles. The molecule has 0 aromatic rings. The Morgan fingerprint density at radius 2 is 2.00 bits per heavy atom. The van der Waals surface area contributed by atoms with Gasteiger partial charge in [-0.2, -0.15) is 0 Å². The molecule has 0 spiro atoms. The van der Waals surface area contributed by atoms with Crippen LogP contribution in [-0.4, -0.2) is 18.3 Å². The summed E-state index contributed by atoms with van der Waals surface area (Å²) in [6.07, 6.45) is 4.06. The third-order valence-corrected chi connectivity index (χ3v) is 1.91. The molecule has 96 valence electrons. The highest BCUT2D eigenvalue weighted by molar-refractivity contribution is 6.41. The van der Waals surface area contributed by atoms with E-state index in [1.807, 2.05) is 6.92 Å². The Balaban J connectivity index is 4.70. The van der Waals surface area contributed by atoms with E-state index in [0.29, 0.717) is 6.61 Å². The van der Waals surface area contributed by atoms with Crippen LogP contribution in [0.25, 0.3) is 0 Å². The van der Waals surface area contributed by atoms with E-state index in [1.54, 1.807) is 13.1 Å². The molecule has 3 nitrogen and oxygen atoms in total. The van der Waals surface area contributed by atoms with E-state index >= 15 is 0 Å². The van der Waals surface area contributed by atoms with Crippen LogP contribution in [-0.2, 0) is 9.53 Å². The maximum absolute atomic E-state index is 11.4. The summed E-state index contributed by atoms with van der Waals surface area (Å²) in [6, 6.07) is 0. The number of esters is 1. The van der Waals surface area contributed by atoms with Crippen LogP contribution < -0.4 is 0 Å². The standard InChI is InChI=1S/C14H23NO2/c1-7-12(13(16)17-8-2)15-10-11(3)9-14(4,5)6/h7,10H,1,8-9H2,2-6H3/b11-10+,15-12?. The van der Waals surface area contributed by atoms with Gasteiger partial charge in [0, 0.05) is 6.20 Å². The number of allylic oxidation sites excluding steroid dienone is 1. The first-order valence-corrected chi connectivity index (χ1v) is 5.83. The fraction of sp³-hybridized carbons (Fsp3) is 0.571. The fourth-order valence-corrected chi connectivity index (χ4v) is 1.46. The molecule has 0 atom stereocenters. The summed E-state index contributed by atoms with van der Waals surface area (Å²) in [4.78, 5) is 15.5. The van der Waals surface area contributed by atoms with Gasteiger partial charge in [0.2, 0.25) is 0 Å². The number of carbonyl (C=O) groups is 1. The third kappa shape index (κ3) is 7.50. The third-order valence-electron chi connectivity index (χ3n) is 1.91. The van der Waals surface area contributed by atoms with E-state index in [-0.39, 0.29) is 11.1 Å². The minimum atomic E-state index is -0.428. The normalized spacial score (nSPS) is 13.5. The molecule has 0 aromatic heterocycles. The quantitative estimate of drug-likeness (QED) is 0.542. The van der Waals surface area contributed by atoms with Crippen molar-refractivity contribution in [3.8, 4) is 0 Å². The lowest BCUT2D eigenvalue weighted by Gasteiger charge is -2.17. The molecule has 0 amide bonds. The first kappa shape index (κ1) is 15.6. The van der Waals surface area contributed by atoms with Gasteiger partial charge in [-0.25, -0.2) is 9.79 Å². The number of aliphatic imine (C=N–C) groups is 1. The van der Waals surface area contributed by atoms with Crippen LogP contribution in [0.5, 0.6) is 0 Å². The van der Waals surface area contributed by atoms with E-state index in [2.05, 4.69) is 32.3 Å². The Kier molecular flexibility index (Phi) is 6.47.